The maximum atomic E-state index is 12.5. The molecule has 430 valence electrons. The Morgan fingerprint density at radius 3 is 1.08 bits per heavy atom. The molecule has 2 unspecified atom stereocenters. The Balaban J connectivity index is 3.41. The standard InChI is InChI=1S/C67H127NO5/c1-3-5-7-9-11-13-15-17-19-28-32-35-39-43-47-51-55-59-65(70)64(63-69)68-66(71)60-56-52-48-44-40-36-33-29-26-24-22-20-21-23-25-27-30-34-38-42-46-50-54-58-62-73-67(72)61-57-53-49-45-41-37-31-18-16-14-12-10-8-6-4-2/h12,14,18,22,24,31,64-65,69-70H,3-11,13,15-17,19-21,23,25-30,32-63H2,1-2H3,(H,68,71)/b14-12-,24-22-,31-18-. The van der Waals surface area contributed by atoms with Crippen LogP contribution in [0.2, 0.25) is 0 Å². The molecule has 0 heterocycles. The molecule has 1 amide bonds. The van der Waals surface area contributed by atoms with Gasteiger partial charge in [-0.05, 0) is 83.5 Å². The highest BCUT2D eigenvalue weighted by Crippen LogP contribution is 2.18. The van der Waals surface area contributed by atoms with Crippen LogP contribution in [0.4, 0.5) is 0 Å². The van der Waals surface area contributed by atoms with E-state index in [1.54, 1.807) is 0 Å². The minimum atomic E-state index is -0.668. The topological polar surface area (TPSA) is 95.9 Å². The predicted octanol–water partition coefficient (Wildman–Crippen LogP) is 20.8. The largest absolute Gasteiger partial charge is 0.466 e. The lowest BCUT2D eigenvalue weighted by molar-refractivity contribution is -0.143. The van der Waals surface area contributed by atoms with Crippen molar-refractivity contribution in [3.05, 3.63) is 36.5 Å². The first-order valence-electron chi connectivity index (χ1n) is 32.7. The van der Waals surface area contributed by atoms with E-state index in [1.807, 2.05) is 0 Å². The number of carbonyl (C=O) groups is 2. The maximum Gasteiger partial charge on any atom is 0.305 e. The first kappa shape index (κ1) is 71.1. The zero-order valence-electron chi connectivity index (χ0n) is 49.1. The van der Waals surface area contributed by atoms with Crippen LogP contribution in [0.5, 0.6) is 0 Å². The molecule has 2 atom stereocenters. The number of rotatable bonds is 61. The molecule has 0 saturated heterocycles. The maximum absolute atomic E-state index is 12.5. The number of aliphatic hydroxyl groups excluding tert-OH is 2. The number of esters is 1. The summed E-state index contributed by atoms with van der Waals surface area (Å²) < 4.78 is 5.48. The molecular formula is C67H127NO5. The number of hydrogen-bond acceptors (Lipinski definition) is 5. The Labute approximate surface area is 455 Å². The average molecular weight is 1030 g/mol. The van der Waals surface area contributed by atoms with Crippen molar-refractivity contribution in [2.24, 2.45) is 0 Å². The summed E-state index contributed by atoms with van der Waals surface area (Å²) in [5, 5.41) is 23.3. The van der Waals surface area contributed by atoms with Gasteiger partial charge in [-0.25, -0.2) is 0 Å². The highest BCUT2D eigenvalue weighted by molar-refractivity contribution is 5.76. The van der Waals surface area contributed by atoms with Gasteiger partial charge in [0.2, 0.25) is 5.91 Å². The van der Waals surface area contributed by atoms with Gasteiger partial charge in [0.15, 0.2) is 0 Å². The van der Waals surface area contributed by atoms with Crippen molar-refractivity contribution in [3.8, 4) is 0 Å². The van der Waals surface area contributed by atoms with E-state index in [0.29, 0.717) is 25.9 Å². The molecule has 0 aliphatic carbocycles. The molecule has 6 nitrogen and oxygen atoms in total. The molecule has 0 aliphatic rings. The number of hydrogen-bond donors (Lipinski definition) is 3. The van der Waals surface area contributed by atoms with Gasteiger partial charge >= 0.3 is 5.97 Å². The molecule has 0 spiro atoms. The summed E-state index contributed by atoms with van der Waals surface area (Å²) in [6.07, 6.45) is 78.8. The first-order valence-corrected chi connectivity index (χ1v) is 32.7. The van der Waals surface area contributed by atoms with E-state index < -0.39 is 12.1 Å². The van der Waals surface area contributed by atoms with Crippen molar-refractivity contribution in [2.75, 3.05) is 13.2 Å². The summed E-state index contributed by atoms with van der Waals surface area (Å²) in [5.74, 6) is -0.0385. The Kier molecular flexibility index (Phi) is 61.0. The Morgan fingerprint density at radius 2 is 0.685 bits per heavy atom. The zero-order valence-corrected chi connectivity index (χ0v) is 49.1. The van der Waals surface area contributed by atoms with E-state index in [2.05, 4.69) is 55.6 Å². The van der Waals surface area contributed by atoms with Crippen molar-refractivity contribution >= 4 is 11.9 Å². The highest BCUT2D eigenvalue weighted by Gasteiger charge is 2.20. The summed E-state index contributed by atoms with van der Waals surface area (Å²) in [6.45, 7) is 4.94. The fraction of sp³-hybridized carbons (Fsp3) is 0.881. The van der Waals surface area contributed by atoms with E-state index >= 15 is 0 Å². The van der Waals surface area contributed by atoms with E-state index in [9.17, 15) is 19.8 Å². The van der Waals surface area contributed by atoms with E-state index in [0.717, 1.165) is 51.4 Å². The van der Waals surface area contributed by atoms with Gasteiger partial charge in [-0.2, -0.15) is 0 Å². The second kappa shape index (κ2) is 62.6. The minimum Gasteiger partial charge on any atom is -0.466 e. The van der Waals surface area contributed by atoms with Gasteiger partial charge in [0.1, 0.15) is 0 Å². The lowest BCUT2D eigenvalue weighted by Gasteiger charge is -2.22. The van der Waals surface area contributed by atoms with Crippen LogP contribution in [0.15, 0.2) is 36.5 Å². The lowest BCUT2D eigenvalue weighted by atomic mass is 10.0. The van der Waals surface area contributed by atoms with Gasteiger partial charge in [-0.3, -0.25) is 9.59 Å². The molecule has 73 heavy (non-hydrogen) atoms. The van der Waals surface area contributed by atoms with Gasteiger partial charge in [0, 0.05) is 12.8 Å². The number of ether oxygens (including phenoxy) is 1. The minimum absolute atomic E-state index is 0.00124. The van der Waals surface area contributed by atoms with Crippen LogP contribution in [-0.4, -0.2) is 47.4 Å². The molecule has 6 heteroatoms. The predicted molar refractivity (Wildman–Crippen MR) is 319 cm³/mol. The molecule has 0 radical (unpaired) electrons. The van der Waals surface area contributed by atoms with Crippen LogP contribution in [-0.2, 0) is 14.3 Å². The molecule has 0 aliphatic heterocycles. The molecule has 0 fully saturated rings. The molecule has 0 aromatic heterocycles. The first-order chi connectivity index (χ1) is 36.0. The number of nitrogens with one attached hydrogen (secondary N) is 1. The van der Waals surface area contributed by atoms with Gasteiger partial charge in [-0.15, -0.1) is 0 Å². The molecule has 3 N–H and O–H groups in total. The van der Waals surface area contributed by atoms with Gasteiger partial charge in [0.05, 0.1) is 25.4 Å². The monoisotopic (exact) mass is 1030 g/mol. The van der Waals surface area contributed by atoms with Crippen molar-refractivity contribution in [1.29, 1.82) is 0 Å². The number of allylic oxidation sites excluding steroid dienone is 6. The van der Waals surface area contributed by atoms with Gasteiger partial charge in [0.25, 0.3) is 0 Å². The van der Waals surface area contributed by atoms with Crippen molar-refractivity contribution in [1.82, 2.24) is 5.32 Å². The molecule has 0 bridgehead atoms. The van der Waals surface area contributed by atoms with Crippen LogP contribution in [0.1, 0.15) is 354 Å². The third-order valence-corrected chi connectivity index (χ3v) is 15.2. The van der Waals surface area contributed by atoms with Crippen LogP contribution in [0.3, 0.4) is 0 Å². The molecule has 0 saturated carbocycles. The Bertz CT molecular complexity index is 1180. The summed E-state index contributed by atoms with van der Waals surface area (Å²) in [5.41, 5.74) is 0. The summed E-state index contributed by atoms with van der Waals surface area (Å²) in [4.78, 5) is 24.6. The van der Waals surface area contributed by atoms with Crippen LogP contribution >= 0.6 is 0 Å². The second-order valence-electron chi connectivity index (χ2n) is 22.4. The third-order valence-electron chi connectivity index (χ3n) is 15.2. The van der Waals surface area contributed by atoms with E-state index in [1.165, 1.54) is 270 Å². The SMILES string of the molecule is CCCCC/C=C\C/C=C\CCCCCCCC(=O)OCCCCCCCCCCCCCC/C=C\CCCCCCCCCCC(=O)NC(CO)C(O)CCCCCCCCCCCCCCCCCCC. The lowest BCUT2D eigenvalue weighted by Crippen LogP contribution is -2.45. The molecule has 0 aromatic rings. The fourth-order valence-corrected chi connectivity index (χ4v) is 10.1. The number of carbonyl (C=O) groups excluding carboxylic acids is 2. The van der Waals surface area contributed by atoms with Gasteiger partial charge in [-0.1, -0.05) is 294 Å². The van der Waals surface area contributed by atoms with Crippen molar-refractivity contribution < 1.29 is 24.5 Å². The number of aliphatic hydroxyl groups is 2. The molecular weight excluding hydrogens is 899 g/mol. The zero-order chi connectivity index (χ0) is 52.9. The normalized spacial score (nSPS) is 12.8. The van der Waals surface area contributed by atoms with Crippen LogP contribution in [0.25, 0.3) is 0 Å². The van der Waals surface area contributed by atoms with Gasteiger partial charge < -0.3 is 20.3 Å². The average Bonchev–Trinajstić information content (AvgIpc) is 3.39. The Hall–Kier alpha value is -1.92. The third kappa shape index (κ3) is 59.2. The Morgan fingerprint density at radius 1 is 0.384 bits per heavy atom. The van der Waals surface area contributed by atoms with Crippen LogP contribution in [0, 0.1) is 0 Å². The summed E-state index contributed by atoms with van der Waals surface area (Å²) in [6, 6.07) is -0.545. The fourth-order valence-electron chi connectivity index (χ4n) is 10.1. The van der Waals surface area contributed by atoms with E-state index in [4.69, 9.17) is 4.74 Å². The quantitative estimate of drug-likeness (QED) is 0.0320. The van der Waals surface area contributed by atoms with Crippen LogP contribution < -0.4 is 5.32 Å². The highest BCUT2D eigenvalue weighted by atomic mass is 16.5. The van der Waals surface area contributed by atoms with E-state index in [-0.39, 0.29) is 18.5 Å². The summed E-state index contributed by atoms with van der Waals surface area (Å²) in [7, 11) is 0. The van der Waals surface area contributed by atoms with Crippen molar-refractivity contribution in [3.63, 3.8) is 0 Å². The second-order valence-corrected chi connectivity index (χ2v) is 22.4. The molecule has 0 aromatic carbocycles. The van der Waals surface area contributed by atoms with Crippen molar-refractivity contribution in [2.45, 2.75) is 366 Å². The molecule has 0 rings (SSSR count). The number of amides is 1. The number of unbranched alkanes of at least 4 members (excludes halogenated alkanes) is 44. The smallest absolute Gasteiger partial charge is 0.305 e. The summed E-state index contributed by atoms with van der Waals surface area (Å²) >= 11 is 0.